The highest BCUT2D eigenvalue weighted by molar-refractivity contribution is 6.72. The van der Waals surface area contributed by atoms with Gasteiger partial charge in [-0.3, -0.25) is 0 Å². The van der Waals surface area contributed by atoms with Gasteiger partial charge in [-0.1, -0.05) is 27.4 Å². The van der Waals surface area contributed by atoms with Crippen LogP contribution in [-0.4, -0.2) is 14.3 Å². The van der Waals surface area contributed by atoms with E-state index in [1.165, 1.54) is 0 Å². The zero-order chi connectivity index (χ0) is 12.2. The average Bonchev–Trinajstić information content (AvgIpc) is 2.01. The molecule has 0 saturated heterocycles. The molecule has 0 saturated carbocycles. The van der Waals surface area contributed by atoms with Gasteiger partial charge in [-0.15, -0.1) is 0 Å². The van der Waals surface area contributed by atoms with E-state index in [2.05, 4.69) is 40.4 Å². The molecule has 15 heavy (non-hydrogen) atoms. The summed E-state index contributed by atoms with van der Waals surface area (Å²) in [7, 11) is -1.87. The van der Waals surface area contributed by atoms with Gasteiger partial charge < -0.3 is 4.43 Å². The van der Waals surface area contributed by atoms with E-state index >= 15 is 0 Å². The molecule has 1 atom stereocenters. The highest BCUT2D eigenvalue weighted by atomic mass is 28.4. The Hall–Kier alpha value is -0.573. The van der Waals surface area contributed by atoms with Gasteiger partial charge in [0.2, 0.25) is 8.32 Å². The molecule has 88 valence electrons. The Balaban J connectivity index is 4.30. The molecule has 0 N–H and O–H groups in total. The molecule has 1 unspecified atom stereocenters. The molecular formula is C12H24O2Si. The molecule has 0 radical (unpaired) electrons. The maximum atomic E-state index is 11.4. The zero-order valence-electron chi connectivity index (χ0n) is 10.9. The predicted octanol–water partition coefficient (Wildman–Crippen LogP) is 3.60. The van der Waals surface area contributed by atoms with Crippen LogP contribution in [0.25, 0.3) is 0 Å². The first-order chi connectivity index (χ1) is 6.65. The van der Waals surface area contributed by atoms with Crippen molar-refractivity contribution in [3.8, 4) is 0 Å². The van der Waals surface area contributed by atoms with Gasteiger partial charge in [-0.2, -0.15) is 0 Å². The highest BCUT2D eigenvalue weighted by Crippen LogP contribution is 2.24. The summed E-state index contributed by atoms with van der Waals surface area (Å²) in [5.74, 6) is 1.01. The monoisotopic (exact) mass is 228 g/mol. The zero-order valence-corrected chi connectivity index (χ0v) is 11.9. The van der Waals surface area contributed by atoms with Gasteiger partial charge in [-0.05, 0) is 37.9 Å². The fourth-order valence-electron chi connectivity index (χ4n) is 1.39. The summed E-state index contributed by atoms with van der Waals surface area (Å²) >= 11 is 0. The van der Waals surface area contributed by atoms with Crippen molar-refractivity contribution in [2.24, 2.45) is 11.8 Å². The Morgan fingerprint density at radius 1 is 1.33 bits per heavy atom. The molecule has 0 rings (SSSR count). The lowest BCUT2D eigenvalue weighted by Crippen LogP contribution is -2.36. The van der Waals surface area contributed by atoms with Gasteiger partial charge in [0.25, 0.3) is 0 Å². The van der Waals surface area contributed by atoms with Gasteiger partial charge in [0.1, 0.15) is 0 Å². The molecule has 0 aromatic rings. The number of carbonyl (C=O) groups excluding carboxylic acids is 1. The van der Waals surface area contributed by atoms with E-state index in [1.54, 1.807) is 6.92 Å². The van der Waals surface area contributed by atoms with Crippen LogP contribution in [0.5, 0.6) is 0 Å². The standard InChI is InChI=1S/C12H24O2Si/c1-9(2)11(5)8-15(6,7)14-12(13)10(3)4/h9,11H,3,8H2,1-2,4-7H3. The van der Waals surface area contributed by atoms with E-state index in [-0.39, 0.29) is 5.97 Å². The fraction of sp³-hybridized carbons (Fsp3) is 0.750. The normalized spacial score (nSPS) is 13.8. The van der Waals surface area contributed by atoms with Crippen molar-refractivity contribution in [2.45, 2.75) is 46.8 Å². The minimum atomic E-state index is -1.87. The maximum absolute atomic E-state index is 11.4. The summed E-state index contributed by atoms with van der Waals surface area (Å²) in [6.45, 7) is 16.1. The molecule has 0 aromatic carbocycles. The number of carbonyl (C=O) groups is 1. The third-order valence-electron chi connectivity index (χ3n) is 2.67. The minimum absolute atomic E-state index is 0.234. The van der Waals surface area contributed by atoms with Crippen LogP contribution in [0.15, 0.2) is 12.2 Å². The van der Waals surface area contributed by atoms with Crippen LogP contribution in [0.2, 0.25) is 19.1 Å². The molecule has 0 bridgehead atoms. The van der Waals surface area contributed by atoms with Crippen LogP contribution in [0.3, 0.4) is 0 Å². The lowest BCUT2D eigenvalue weighted by atomic mass is 10.0. The van der Waals surface area contributed by atoms with E-state index in [9.17, 15) is 4.79 Å². The molecular weight excluding hydrogens is 204 g/mol. The molecule has 0 heterocycles. The van der Waals surface area contributed by atoms with E-state index in [1.807, 2.05) is 0 Å². The SMILES string of the molecule is C=C(C)C(=O)O[Si](C)(C)CC(C)C(C)C. The molecule has 0 aliphatic rings. The molecule has 2 nitrogen and oxygen atoms in total. The molecule has 3 heteroatoms. The molecule has 0 amide bonds. The first-order valence-corrected chi connectivity index (χ1v) is 8.66. The first-order valence-electron chi connectivity index (χ1n) is 5.54. The van der Waals surface area contributed by atoms with Crippen molar-refractivity contribution in [3.63, 3.8) is 0 Å². The highest BCUT2D eigenvalue weighted by Gasteiger charge is 2.30. The Morgan fingerprint density at radius 3 is 2.13 bits per heavy atom. The summed E-state index contributed by atoms with van der Waals surface area (Å²) in [5, 5.41) is 0. The summed E-state index contributed by atoms with van der Waals surface area (Å²) in [4.78, 5) is 11.4. The third kappa shape index (κ3) is 5.77. The van der Waals surface area contributed by atoms with Crippen molar-refractivity contribution in [1.82, 2.24) is 0 Å². The Bertz CT molecular complexity index is 244. The molecule has 0 fully saturated rings. The third-order valence-corrected chi connectivity index (χ3v) is 5.03. The van der Waals surface area contributed by atoms with E-state index in [0.29, 0.717) is 17.4 Å². The topological polar surface area (TPSA) is 26.3 Å². The van der Waals surface area contributed by atoms with Gasteiger partial charge >= 0.3 is 5.97 Å². The second-order valence-corrected chi connectivity index (χ2v) is 9.49. The number of hydrogen-bond acceptors (Lipinski definition) is 2. The summed E-state index contributed by atoms with van der Waals surface area (Å²) in [5.41, 5.74) is 0.493. The number of rotatable bonds is 5. The predicted molar refractivity (Wildman–Crippen MR) is 67.2 cm³/mol. The smallest absolute Gasteiger partial charge is 0.319 e. The van der Waals surface area contributed by atoms with Crippen molar-refractivity contribution >= 4 is 14.3 Å². The Labute approximate surface area is 94.8 Å². The first kappa shape index (κ1) is 14.4. The molecule has 0 aliphatic heterocycles. The van der Waals surface area contributed by atoms with Gasteiger partial charge in [0.05, 0.1) is 0 Å². The van der Waals surface area contributed by atoms with Crippen LogP contribution in [-0.2, 0) is 9.22 Å². The van der Waals surface area contributed by atoms with Crippen molar-refractivity contribution in [2.75, 3.05) is 0 Å². The van der Waals surface area contributed by atoms with Crippen LogP contribution >= 0.6 is 0 Å². The molecule has 0 spiro atoms. The second-order valence-electron chi connectivity index (χ2n) is 5.35. The van der Waals surface area contributed by atoms with E-state index in [4.69, 9.17) is 4.43 Å². The lowest BCUT2D eigenvalue weighted by molar-refractivity contribution is -0.130. The summed E-state index contributed by atoms with van der Waals surface area (Å²) < 4.78 is 5.52. The van der Waals surface area contributed by atoms with Crippen molar-refractivity contribution < 1.29 is 9.22 Å². The average molecular weight is 228 g/mol. The lowest BCUT2D eigenvalue weighted by Gasteiger charge is -2.27. The van der Waals surface area contributed by atoms with Crippen LogP contribution < -0.4 is 0 Å². The summed E-state index contributed by atoms with van der Waals surface area (Å²) in [6, 6.07) is 1.02. The van der Waals surface area contributed by atoms with E-state index in [0.717, 1.165) is 6.04 Å². The van der Waals surface area contributed by atoms with Gasteiger partial charge in [-0.25, -0.2) is 4.79 Å². The van der Waals surface area contributed by atoms with Crippen LogP contribution in [0, 0.1) is 11.8 Å². The maximum Gasteiger partial charge on any atom is 0.319 e. The van der Waals surface area contributed by atoms with Gasteiger partial charge in [0.15, 0.2) is 0 Å². The minimum Gasteiger partial charge on any atom is -0.516 e. The van der Waals surface area contributed by atoms with Gasteiger partial charge in [0, 0.05) is 5.57 Å². The Morgan fingerprint density at radius 2 is 1.80 bits per heavy atom. The summed E-state index contributed by atoms with van der Waals surface area (Å²) in [6.07, 6.45) is 0. The van der Waals surface area contributed by atoms with Crippen LogP contribution in [0.4, 0.5) is 0 Å². The van der Waals surface area contributed by atoms with E-state index < -0.39 is 8.32 Å². The molecule has 0 aromatic heterocycles. The number of hydrogen-bond donors (Lipinski definition) is 0. The molecule has 0 aliphatic carbocycles. The van der Waals surface area contributed by atoms with Crippen molar-refractivity contribution in [1.29, 1.82) is 0 Å². The van der Waals surface area contributed by atoms with Crippen molar-refractivity contribution in [3.05, 3.63) is 12.2 Å². The van der Waals surface area contributed by atoms with Crippen LogP contribution in [0.1, 0.15) is 27.7 Å². The largest absolute Gasteiger partial charge is 0.516 e. The second kappa shape index (κ2) is 5.49. The Kier molecular flexibility index (Phi) is 5.28. The fourth-order valence-corrected chi connectivity index (χ4v) is 4.17. The quantitative estimate of drug-likeness (QED) is 0.531.